The molecule has 0 radical (unpaired) electrons. The lowest BCUT2D eigenvalue weighted by Crippen LogP contribution is -2.50. The summed E-state index contributed by atoms with van der Waals surface area (Å²) in [4.78, 5) is 171. The molecular weight excluding hydrogens is 1310 g/mol. The molecule has 0 aliphatic heterocycles. The summed E-state index contributed by atoms with van der Waals surface area (Å²) in [6.45, 7) is -3.81. The Labute approximate surface area is 554 Å². The third-order valence-electron chi connectivity index (χ3n) is 15.3. The minimum Gasteiger partial charge on any atom is -0.481 e. The van der Waals surface area contributed by atoms with Crippen molar-refractivity contribution in [3.8, 4) is 0 Å². The van der Waals surface area contributed by atoms with Crippen LogP contribution in [-0.4, -0.2) is 294 Å². The highest BCUT2D eigenvalue weighted by Crippen LogP contribution is 2.21. The molecule has 0 aromatic heterocycles. The van der Waals surface area contributed by atoms with Gasteiger partial charge in [-0.05, 0) is 30.4 Å². The second kappa shape index (κ2) is 45.3. The first-order chi connectivity index (χ1) is 45.0. The number of aliphatic hydroxyl groups excluding tert-OH is 14. The van der Waals surface area contributed by atoms with Crippen LogP contribution in [0.1, 0.15) is 88.7 Å². The molecule has 18 atom stereocenters. The van der Waals surface area contributed by atoms with Crippen molar-refractivity contribution in [1.82, 2.24) is 37.2 Å². The zero-order chi connectivity index (χ0) is 73.1. The zero-order valence-corrected chi connectivity index (χ0v) is 53.2. The number of ketones is 3. The van der Waals surface area contributed by atoms with Gasteiger partial charge in [0.2, 0.25) is 41.9 Å². The highest BCUT2D eigenvalue weighted by Gasteiger charge is 2.38. The average Bonchev–Trinajstić information content (AvgIpc) is 0.897. The maximum Gasteiger partial charge on any atom is 0.307 e. The smallest absolute Gasteiger partial charge is 0.307 e. The van der Waals surface area contributed by atoms with Gasteiger partial charge in [0.25, 0.3) is 0 Å². The monoisotopic (exact) mass is 1400 g/mol. The molecule has 96 heavy (non-hydrogen) atoms. The molecule has 544 valence electrons. The average molecular weight is 1400 g/mol. The first kappa shape index (κ1) is 86.7. The number of carbonyl (C=O) groups excluding carboxylic acids is 10. The molecule has 1 aromatic rings. The van der Waals surface area contributed by atoms with E-state index in [4.69, 9.17) is 10.2 Å². The van der Waals surface area contributed by atoms with Crippen molar-refractivity contribution in [2.45, 2.75) is 176 Å². The van der Waals surface area contributed by atoms with E-state index in [9.17, 15) is 139 Å². The molecule has 0 saturated heterocycles. The normalized spacial score (nSPS) is 17.1. The van der Waals surface area contributed by atoms with Gasteiger partial charge in [0.05, 0.1) is 105 Å². The summed E-state index contributed by atoms with van der Waals surface area (Å²) in [7, 11) is 0. The van der Waals surface area contributed by atoms with E-state index in [-0.39, 0.29) is 6.54 Å². The number of amides is 7. The Balaban J connectivity index is 3.82. The number of carboxylic acids is 3. The number of nitrogens with one attached hydrogen (secondary N) is 7. The number of benzene rings is 1. The van der Waals surface area contributed by atoms with Crippen LogP contribution in [0.25, 0.3) is 0 Å². The van der Waals surface area contributed by atoms with Crippen molar-refractivity contribution < 1.29 is 149 Å². The van der Waals surface area contributed by atoms with Gasteiger partial charge in [-0.1, -0.05) is 31.2 Å². The lowest BCUT2D eigenvalue weighted by molar-refractivity contribution is -0.144. The molecule has 38 heteroatoms. The van der Waals surface area contributed by atoms with Gasteiger partial charge in [0, 0.05) is 76.4 Å². The van der Waals surface area contributed by atoms with E-state index in [1.807, 2.05) is 0 Å². The lowest BCUT2D eigenvalue weighted by Gasteiger charge is -2.27. The first-order valence-corrected chi connectivity index (χ1v) is 30.8. The molecule has 7 amide bonds. The second-order valence-electron chi connectivity index (χ2n) is 22.8. The predicted octanol–water partition coefficient (Wildman–Crippen LogP) is -10.1. The fraction of sp³-hybridized carbons (Fsp3) is 0.672. The van der Waals surface area contributed by atoms with Crippen LogP contribution in [0.3, 0.4) is 0 Å². The molecule has 0 aliphatic rings. The minimum atomic E-state index is -2.18. The topological polar surface area (TPSA) is 650 Å². The van der Waals surface area contributed by atoms with Crippen molar-refractivity contribution >= 4 is 89.7 Å². The molecule has 0 heterocycles. The molecule has 0 saturated carbocycles. The van der Waals surface area contributed by atoms with Crippen molar-refractivity contribution in [2.24, 2.45) is 23.7 Å². The SMILES string of the molecule is C[C@@H]([C@H](O)[C@@H](O)CNC(=O)CC[C@H](NC(=O)[C@@H](CC(=O)O)CC(=O)[C@H](CCC(=O)NC[C@H](O)[C@@H](O)[C@H](O)[C@H](O)CO)NC(=O)[C@@H](CC(=O)O)CC(=O)[C@H](CCC(=O)NC[C@H](O)[C@@H](O)[C@H](O)[C@H](O)CO)NC(=O)Cc1ccc(CNC=O)cc1)C(=O)C[C@H](CS)C(=O)O)[C@H](O)CO. The number of Topliss-reactive ketones (excluding diaryl/α,β-unsaturated/α-hetero) is 3. The summed E-state index contributed by atoms with van der Waals surface area (Å²) in [6.07, 6.45) is -31.3. The molecule has 1 rings (SSSR count). The van der Waals surface area contributed by atoms with Crippen molar-refractivity contribution in [3.05, 3.63) is 35.4 Å². The van der Waals surface area contributed by atoms with Gasteiger partial charge in [-0.15, -0.1) is 0 Å². The summed E-state index contributed by atoms with van der Waals surface area (Å²) in [5.74, 6) is -22.4. The van der Waals surface area contributed by atoms with Crippen LogP contribution in [0, 0.1) is 23.7 Å². The highest BCUT2D eigenvalue weighted by molar-refractivity contribution is 7.80. The Morgan fingerprint density at radius 1 is 0.438 bits per heavy atom. The van der Waals surface area contributed by atoms with E-state index in [0.29, 0.717) is 17.5 Å². The van der Waals surface area contributed by atoms with E-state index in [1.165, 1.54) is 19.1 Å². The standard InChI is InChI=1S/C58H91N7O30S/c1-27(42(76)22-66)51(87)39(73)19-60-46(80)11-8-35(38(72)15-32(25-96)58(94)95)65-57(93)31(17-50(85)86)14-37(71)34(7-10-47(81)62-21-41(75)53(89)55(91)44(78)24-68)64-56(92)30(16-49(83)84)13-36(70)33(63-48(82)12-28-2-4-29(5-3-28)18-59-26-69)6-9-45(79)61-20-40(74)52(88)54(90)43(77)23-67/h2-5,26-27,30-35,39-44,51-55,66-68,73-78,87-91,96H,6-25H2,1H3,(H,59,69)(H,60,80)(H,61,79)(H,62,81)(H,63,82)(H,64,92)(H,65,93)(H,83,84)(H,85,86)(H,94,95)/t27-,30-,31-,32-,33+,34+,35+,39+,40+,41+,42-,43-,44-,51+,52-,53-,54-,55-/m1/s1. The highest BCUT2D eigenvalue weighted by atomic mass is 32.1. The first-order valence-electron chi connectivity index (χ1n) is 30.2. The Bertz CT molecular complexity index is 2700. The van der Waals surface area contributed by atoms with E-state index in [0.717, 1.165) is 0 Å². The van der Waals surface area contributed by atoms with E-state index < -0.39 is 302 Å². The van der Waals surface area contributed by atoms with Crippen molar-refractivity contribution in [3.63, 3.8) is 0 Å². The number of rotatable bonds is 52. The van der Waals surface area contributed by atoms with Gasteiger partial charge < -0.3 is 124 Å². The fourth-order valence-electron chi connectivity index (χ4n) is 9.19. The minimum absolute atomic E-state index is 0.119. The van der Waals surface area contributed by atoms with Crippen LogP contribution in [0.5, 0.6) is 0 Å². The van der Waals surface area contributed by atoms with Gasteiger partial charge in [-0.25, -0.2) is 0 Å². The molecule has 0 fully saturated rings. The van der Waals surface area contributed by atoms with Gasteiger partial charge >= 0.3 is 17.9 Å². The molecule has 37 nitrogen and oxygen atoms in total. The number of hydrogen-bond acceptors (Lipinski definition) is 28. The van der Waals surface area contributed by atoms with Gasteiger partial charge in [0.15, 0.2) is 17.3 Å². The number of aliphatic carboxylic acids is 3. The molecular formula is C58H91N7O30S. The molecule has 0 unspecified atom stereocenters. The molecule has 0 aliphatic carbocycles. The van der Waals surface area contributed by atoms with E-state index in [2.05, 4.69) is 49.8 Å². The molecule has 0 bridgehead atoms. The van der Waals surface area contributed by atoms with Crippen LogP contribution in [-0.2, 0) is 75.3 Å². The molecule has 0 spiro atoms. The second-order valence-corrected chi connectivity index (χ2v) is 23.2. The third kappa shape index (κ3) is 32.2. The van der Waals surface area contributed by atoms with Crippen molar-refractivity contribution in [2.75, 3.05) is 45.2 Å². The van der Waals surface area contributed by atoms with Crippen LogP contribution >= 0.6 is 12.6 Å². The summed E-state index contributed by atoms with van der Waals surface area (Å²) in [5, 5.41) is 184. The Morgan fingerprint density at radius 2 is 0.771 bits per heavy atom. The summed E-state index contributed by atoms with van der Waals surface area (Å²) in [6, 6.07) is 0.426. The number of hydrogen-bond donors (Lipinski definition) is 25. The Hall–Kier alpha value is -7.28. The largest absolute Gasteiger partial charge is 0.481 e. The van der Waals surface area contributed by atoms with Crippen molar-refractivity contribution in [1.29, 1.82) is 0 Å². The molecule has 1 aromatic carbocycles. The number of carboxylic acid groups (broad SMARTS) is 3. The number of aliphatic hydroxyl groups is 14. The van der Waals surface area contributed by atoms with Gasteiger partial charge in [-0.2, -0.15) is 12.6 Å². The van der Waals surface area contributed by atoms with Gasteiger partial charge in [-0.3, -0.25) is 62.3 Å². The summed E-state index contributed by atoms with van der Waals surface area (Å²) < 4.78 is 0. The van der Waals surface area contributed by atoms with E-state index in [1.54, 1.807) is 12.1 Å². The van der Waals surface area contributed by atoms with E-state index >= 15 is 0 Å². The number of carbonyl (C=O) groups is 13. The Kier molecular flexibility index (Phi) is 40.9. The quantitative estimate of drug-likeness (QED) is 0.0213. The third-order valence-corrected chi connectivity index (χ3v) is 15.7. The van der Waals surface area contributed by atoms with Gasteiger partial charge in [0.1, 0.15) is 36.6 Å². The summed E-state index contributed by atoms with van der Waals surface area (Å²) in [5.41, 5.74) is 0.964. The maximum atomic E-state index is 14.5. The lowest BCUT2D eigenvalue weighted by atomic mass is 9.90. The van der Waals surface area contributed by atoms with Crippen LogP contribution < -0.4 is 37.2 Å². The molecule has 24 N–H and O–H groups in total. The predicted molar refractivity (Wildman–Crippen MR) is 327 cm³/mol. The fourth-order valence-corrected chi connectivity index (χ4v) is 9.47. The maximum absolute atomic E-state index is 14.5. The zero-order valence-electron chi connectivity index (χ0n) is 52.3. The number of thiol groups is 1. The van der Waals surface area contributed by atoms with Crippen LogP contribution in [0.4, 0.5) is 0 Å². The van der Waals surface area contributed by atoms with Crippen LogP contribution in [0.15, 0.2) is 24.3 Å². The van der Waals surface area contributed by atoms with Crippen LogP contribution in [0.2, 0.25) is 0 Å². The Morgan fingerprint density at radius 3 is 1.10 bits per heavy atom. The summed E-state index contributed by atoms with van der Waals surface area (Å²) >= 11 is 3.93.